The topological polar surface area (TPSA) is 47.6 Å². The van der Waals surface area contributed by atoms with Crippen LogP contribution in [0.3, 0.4) is 0 Å². The number of thioether (sulfide) groups is 1. The molecule has 1 aliphatic heterocycles. The molecule has 1 unspecified atom stereocenters. The zero-order valence-electron chi connectivity index (χ0n) is 15.8. The van der Waals surface area contributed by atoms with Crippen LogP contribution in [-0.4, -0.2) is 20.1 Å². The van der Waals surface area contributed by atoms with Crippen LogP contribution in [-0.2, 0) is 23.4 Å². The van der Waals surface area contributed by atoms with E-state index in [9.17, 15) is 4.79 Å². The highest BCUT2D eigenvalue weighted by Gasteiger charge is 2.27. The summed E-state index contributed by atoms with van der Waals surface area (Å²) >= 11 is 3.49. The Morgan fingerprint density at radius 1 is 1.22 bits per heavy atom. The van der Waals surface area contributed by atoms with Crippen molar-refractivity contribution in [3.63, 3.8) is 0 Å². The summed E-state index contributed by atoms with van der Waals surface area (Å²) < 4.78 is 10.6. The van der Waals surface area contributed by atoms with Crippen molar-refractivity contribution >= 4 is 40.8 Å². The molecule has 27 heavy (non-hydrogen) atoms. The van der Waals surface area contributed by atoms with E-state index < -0.39 is 0 Å². The van der Waals surface area contributed by atoms with Gasteiger partial charge in [0.1, 0.15) is 11.5 Å². The molecule has 1 amide bonds. The third-order valence-corrected chi connectivity index (χ3v) is 7.46. The lowest BCUT2D eigenvalue weighted by Crippen LogP contribution is -2.15. The van der Waals surface area contributed by atoms with E-state index in [2.05, 4.69) is 18.3 Å². The number of anilines is 1. The quantitative estimate of drug-likeness (QED) is 0.773. The molecule has 4 nitrogen and oxygen atoms in total. The number of methoxy groups -OCH3 is 2. The Morgan fingerprint density at radius 3 is 2.85 bits per heavy atom. The van der Waals surface area contributed by atoms with Crippen molar-refractivity contribution in [2.45, 2.75) is 31.9 Å². The van der Waals surface area contributed by atoms with Gasteiger partial charge in [0, 0.05) is 21.6 Å². The van der Waals surface area contributed by atoms with Crippen LogP contribution in [0, 0.1) is 5.92 Å². The molecule has 0 saturated carbocycles. The number of amides is 1. The summed E-state index contributed by atoms with van der Waals surface area (Å²) in [4.78, 5) is 16.4. The Bertz CT molecular complexity index is 916. The Hall–Kier alpha value is -1.92. The lowest BCUT2D eigenvalue weighted by molar-refractivity contribution is -0.112. The van der Waals surface area contributed by atoms with Crippen molar-refractivity contribution in [3.05, 3.63) is 44.0 Å². The Kier molecular flexibility index (Phi) is 5.19. The van der Waals surface area contributed by atoms with Gasteiger partial charge in [0.05, 0.1) is 24.8 Å². The van der Waals surface area contributed by atoms with E-state index in [1.54, 1.807) is 43.7 Å². The monoisotopic (exact) mass is 401 g/mol. The number of hydrogen-bond donors (Lipinski definition) is 1. The predicted octanol–water partition coefficient (Wildman–Crippen LogP) is 5.12. The molecule has 0 fully saturated rings. The Morgan fingerprint density at radius 2 is 2.07 bits per heavy atom. The molecule has 0 bridgehead atoms. The lowest BCUT2D eigenvalue weighted by atomic mass is 9.88. The fourth-order valence-corrected chi connectivity index (χ4v) is 6.31. The summed E-state index contributed by atoms with van der Waals surface area (Å²) in [7, 11) is 3.20. The summed E-state index contributed by atoms with van der Waals surface area (Å²) in [6, 6.07) is 5.39. The van der Waals surface area contributed by atoms with Crippen LogP contribution in [0.5, 0.6) is 11.5 Å². The van der Waals surface area contributed by atoms with Gasteiger partial charge >= 0.3 is 0 Å². The van der Waals surface area contributed by atoms with E-state index in [4.69, 9.17) is 9.47 Å². The molecule has 0 spiro atoms. The molecule has 0 saturated heterocycles. The smallest absolute Gasteiger partial charge is 0.262 e. The third kappa shape index (κ3) is 3.60. The van der Waals surface area contributed by atoms with E-state index in [-0.39, 0.29) is 5.91 Å². The second kappa shape index (κ2) is 7.60. The molecule has 0 radical (unpaired) electrons. The van der Waals surface area contributed by atoms with Gasteiger partial charge in [-0.15, -0.1) is 23.1 Å². The standard InChI is InChI=1S/C21H23NO3S2/c1-12-4-6-14-15-11-26-20(10-19(15)27-18(14)8-12)21(23)22-16-9-13(24-2)5-7-17(16)25-3/h5,7,9-10,12H,4,6,8,11H2,1-3H3,(H,22,23). The van der Waals surface area contributed by atoms with Gasteiger partial charge in [0.15, 0.2) is 0 Å². The van der Waals surface area contributed by atoms with Gasteiger partial charge in [-0.3, -0.25) is 4.79 Å². The third-order valence-electron chi connectivity index (χ3n) is 5.17. The number of carbonyl (C=O) groups is 1. The second-order valence-electron chi connectivity index (χ2n) is 7.01. The van der Waals surface area contributed by atoms with E-state index in [1.807, 2.05) is 17.4 Å². The molecule has 1 atom stereocenters. The fraction of sp³-hybridized carbons (Fsp3) is 0.381. The number of carbonyl (C=O) groups excluding carboxylic acids is 1. The maximum absolute atomic E-state index is 12.8. The molecule has 1 aliphatic carbocycles. The van der Waals surface area contributed by atoms with Crippen molar-refractivity contribution in [1.29, 1.82) is 0 Å². The first-order valence-electron chi connectivity index (χ1n) is 9.10. The van der Waals surface area contributed by atoms with Crippen molar-refractivity contribution in [1.82, 2.24) is 0 Å². The Balaban J connectivity index is 1.58. The number of rotatable bonds is 4. The summed E-state index contributed by atoms with van der Waals surface area (Å²) in [5.41, 5.74) is 3.61. The molecule has 6 heteroatoms. The zero-order valence-corrected chi connectivity index (χ0v) is 17.4. The summed E-state index contributed by atoms with van der Waals surface area (Å²) in [6.07, 6.45) is 5.68. The van der Waals surface area contributed by atoms with Gasteiger partial charge < -0.3 is 14.8 Å². The highest BCUT2D eigenvalue weighted by atomic mass is 32.2. The minimum atomic E-state index is -0.100. The maximum atomic E-state index is 12.8. The number of thiophene rings is 1. The normalized spacial score (nSPS) is 18.2. The second-order valence-corrected chi connectivity index (χ2v) is 9.17. The SMILES string of the molecule is COc1ccc(OC)c(NC(=O)C2=Cc3sc4c(c3CS2)CCC(C)C4)c1. The van der Waals surface area contributed by atoms with Crippen molar-refractivity contribution in [2.24, 2.45) is 5.92 Å². The molecular weight excluding hydrogens is 378 g/mol. The van der Waals surface area contributed by atoms with Crippen LogP contribution in [0.1, 0.15) is 34.2 Å². The first kappa shape index (κ1) is 18.4. The van der Waals surface area contributed by atoms with E-state index in [0.717, 1.165) is 16.6 Å². The van der Waals surface area contributed by atoms with Crippen LogP contribution in [0.2, 0.25) is 0 Å². The van der Waals surface area contributed by atoms with Gasteiger partial charge in [-0.1, -0.05) is 6.92 Å². The van der Waals surface area contributed by atoms with Crippen LogP contribution in [0.25, 0.3) is 6.08 Å². The number of hydrogen-bond acceptors (Lipinski definition) is 5. The highest BCUT2D eigenvalue weighted by Crippen LogP contribution is 2.44. The average Bonchev–Trinajstić information content (AvgIpc) is 3.04. The zero-order chi connectivity index (χ0) is 19.0. The highest BCUT2D eigenvalue weighted by molar-refractivity contribution is 8.03. The summed E-state index contributed by atoms with van der Waals surface area (Å²) in [5, 5.41) is 2.98. The summed E-state index contributed by atoms with van der Waals surface area (Å²) in [5.74, 6) is 2.84. The molecule has 1 aromatic heterocycles. The van der Waals surface area contributed by atoms with Crippen molar-refractivity contribution in [2.75, 3.05) is 19.5 Å². The molecule has 2 aliphatic rings. The van der Waals surface area contributed by atoms with Gasteiger partial charge in [0.2, 0.25) is 0 Å². The predicted molar refractivity (Wildman–Crippen MR) is 113 cm³/mol. The molecule has 1 aromatic carbocycles. The number of nitrogens with one attached hydrogen (secondary N) is 1. The Labute approximate surface area is 168 Å². The number of fused-ring (bicyclic) bond motifs is 3. The minimum absolute atomic E-state index is 0.100. The van der Waals surface area contributed by atoms with E-state index >= 15 is 0 Å². The molecule has 2 heterocycles. The first-order valence-corrected chi connectivity index (χ1v) is 10.9. The maximum Gasteiger partial charge on any atom is 0.262 e. The van der Waals surface area contributed by atoms with Gasteiger partial charge in [0.25, 0.3) is 5.91 Å². The van der Waals surface area contributed by atoms with Gasteiger partial charge in [-0.2, -0.15) is 0 Å². The van der Waals surface area contributed by atoms with E-state index in [0.29, 0.717) is 17.2 Å². The molecule has 142 valence electrons. The summed E-state index contributed by atoms with van der Waals surface area (Å²) in [6.45, 7) is 2.33. The molecule has 4 rings (SSSR count). The number of benzene rings is 1. The molecular formula is C21H23NO3S2. The van der Waals surface area contributed by atoms with Gasteiger partial charge in [-0.05, 0) is 54.5 Å². The van der Waals surface area contributed by atoms with Gasteiger partial charge in [-0.25, -0.2) is 0 Å². The van der Waals surface area contributed by atoms with Crippen LogP contribution in [0.4, 0.5) is 5.69 Å². The first-order chi connectivity index (χ1) is 13.1. The number of ether oxygens (including phenoxy) is 2. The lowest BCUT2D eigenvalue weighted by Gasteiger charge is -2.20. The largest absolute Gasteiger partial charge is 0.497 e. The average molecular weight is 402 g/mol. The van der Waals surface area contributed by atoms with Crippen molar-refractivity contribution < 1.29 is 14.3 Å². The van der Waals surface area contributed by atoms with Crippen LogP contribution >= 0.6 is 23.1 Å². The minimum Gasteiger partial charge on any atom is -0.497 e. The molecule has 1 N–H and O–H groups in total. The van der Waals surface area contributed by atoms with E-state index in [1.165, 1.54) is 34.6 Å². The van der Waals surface area contributed by atoms with Crippen LogP contribution in [0.15, 0.2) is 23.1 Å². The fourth-order valence-electron chi connectivity index (χ4n) is 3.65. The van der Waals surface area contributed by atoms with Crippen LogP contribution < -0.4 is 14.8 Å². The van der Waals surface area contributed by atoms with Crippen molar-refractivity contribution in [3.8, 4) is 11.5 Å². The molecule has 2 aromatic rings.